The number of carbonyl (C=O) groups is 3. The monoisotopic (exact) mass is 390 g/mol. The van der Waals surface area contributed by atoms with Gasteiger partial charge in [0.05, 0.1) is 0 Å². The first kappa shape index (κ1) is 19.7. The first-order valence-corrected chi connectivity index (χ1v) is 11.3. The summed E-state index contributed by atoms with van der Waals surface area (Å²) in [7, 11) is 0. The van der Waals surface area contributed by atoms with E-state index in [-0.39, 0.29) is 30.4 Å². The maximum atomic E-state index is 12.9. The molecule has 0 aromatic rings. The Labute approximate surface area is 167 Å². The van der Waals surface area contributed by atoms with E-state index in [1.54, 1.807) is 4.90 Å². The van der Waals surface area contributed by atoms with Crippen molar-refractivity contribution in [2.75, 3.05) is 26.2 Å². The van der Waals surface area contributed by atoms with E-state index in [4.69, 9.17) is 4.74 Å². The van der Waals surface area contributed by atoms with Gasteiger partial charge in [0.2, 0.25) is 5.91 Å². The average Bonchev–Trinajstić information content (AvgIpc) is 2.62. The highest BCUT2D eigenvalue weighted by atomic mass is 16.5. The van der Waals surface area contributed by atoms with E-state index < -0.39 is 5.97 Å². The van der Waals surface area contributed by atoms with E-state index in [0.717, 1.165) is 58.0 Å². The largest absolute Gasteiger partial charge is 0.454 e. The zero-order valence-electron chi connectivity index (χ0n) is 16.9. The molecule has 1 N–H and O–H groups in total. The Morgan fingerprint density at radius 1 is 0.857 bits per heavy atom. The maximum Gasteiger partial charge on any atom is 0.325 e. The number of hydrogen-bond donors (Lipinski definition) is 1. The molecule has 0 unspecified atom stereocenters. The van der Waals surface area contributed by atoms with Crippen molar-refractivity contribution in [3.8, 4) is 0 Å². The lowest BCUT2D eigenvalue weighted by molar-refractivity contribution is -0.154. The van der Waals surface area contributed by atoms with Crippen LogP contribution in [0.4, 0.5) is 0 Å². The van der Waals surface area contributed by atoms with Gasteiger partial charge in [-0.05, 0) is 69.1 Å². The summed E-state index contributed by atoms with van der Waals surface area (Å²) in [5, 5.41) is 2.82. The summed E-state index contributed by atoms with van der Waals surface area (Å²) in [4.78, 5) is 39.0. The van der Waals surface area contributed by atoms with E-state index in [0.29, 0.717) is 17.8 Å². The third-order valence-corrected chi connectivity index (χ3v) is 7.48. The van der Waals surface area contributed by atoms with Crippen molar-refractivity contribution in [3.63, 3.8) is 0 Å². The summed E-state index contributed by atoms with van der Waals surface area (Å²) in [5.41, 5.74) is -0.255. The van der Waals surface area contributed by atoms with Gasteiger partial charge in [0.1, 0.15) is 6.54 Å². The van der Waals surface area contributed by atoms with Crippen molar-refractivity contribution in [2.45, 2.75) is 70.6 Å². The summed E-state index contributed by atoms with van der Waals surface area (Å²) in [5.74, 6) is 1.47. The number of rotatable bonds is 5. The first-order chi connectivity index (χ1) is 13.5. The third kappa shape index (κ3) is 4.36. The molecule has 1 saturated heterocycles. The van der Waals surface area contributed by atoms with E-state index in [1.807, 2.05) is 0 Å². The van der Waals surface area contributed by atoms with Gasteiger partial charge in [0, 0.05) is 18.5 Å². The zero-order chi connectivity index (χ0) is 19.6. The molecule has 4 aliphatic carbocycles. The van der Waals surface area contributed by atoms with Crippen LogP contribution in [0.25, 0.3) is 0 Å². The van der Waals surface area contributed by atoms with Crippen LogP contribution in [0.2, 0.25) is 0 Å². The number of esters is 1. The van der Waals surface area contributed by atoms with Crippen LogP contribution >= 0.6 is 0 Å². The summed E-state index contributed by atoms with van der Waals surface area (Å²) in [6.45, 7) is 1.15. The molecule has 5 aliphatic rings. The van der Waals surface area contributed by atoms with Crippen molar-refractivity contribution < 1.29 is 19.1 Å². The molecule has 1 heterocycles. The first-order valence-electron chi connectivity index (χ1n) is 11.3. The molecule has 1 aliphatic heterocycles. The van der Waals surface area contributed by atoms with Gasteiger partial charge in [-0.2, -0.15) is 0 Å². The molecular formula is C22H34N2O4. The minimum atomic E-state index is -0.515. The average molecular weight is 391 g/mol. The van der Waals surface area contributed by atoms with Crippen molar-refractivity contribution >= 4 is 17.8 Å². The fourth-order valence-corrected chi connectivity index (χ4v) is 6.51. The molecule has 5 fully saturated rings. The van der Waals surface area contributed by atoms with Gasteiger partial charge >= 0.3 is 5.97 Å². The van der Waals surface area contributed by atoms with Gasteiger partial charge in [-0.1, -0.05) is 19.3 Å². The standard InChI is InChI=1S/C22H34N2O4/c25-19(24-6-4-2-1-3-5-7-24)15-28-20(26)14-23-21(27)22-11-16-8-17(12-22)10-18(9-16)13-22/h16-18H,1-15H2,(H,23,27). The zero-order valence-corrected chi connectivity index (χ0v) is 16.9. The van der Waals surface area contributed by atoms with Gasteiger partial charge in [-0.15, -0.1) is 0 Å². The van der Waals surface area contributed by atoms with Crippen LogP contribution in [-0.4, -0.2) is 48.9 Å². The number of hydrogen-bond acceptors (Lipinski definition) is 4. The third-order valence-electron chi connectivity index (χ3n) is 7.48. The summed E-state index contributed by atoms with van der Waals surface area (Å²) in [6.07, 6.45) is 12.4. The Morgan fingerprint density at radius 3 is 1.96 bits per heavy atom. The number of ether oxygens (including phenoxy) is 1. The molecule has 0 radical (unpaired) electrons. The molecule has 5 rings (SSSR count). The van der Waals surface area contributed by atoms with Crippen molar-refractivity contribution in [1.82, 2.24) is 10.2 Å². The highest BCUT2D eigenvalue weighted by molar-refractivity contribution is 5.87. The minimum Gasteiger partial charge on any atom is -0.454 e. The number of amides is 2. The quantitative estimate of drug-likeness (QED) is 0.732. The normalized spacial score (nSPS) is 34.4. The van der Waals surface area contributed by atoms with Crippen molar-refractivity contribution in [1.29, 1.82) is 0 Å². The molecule has 4 bridgehead atoms. The second-order valence-corrected chi connectivity index (χ2v) is 9.69. The molecule has 6 heteroatoms. The molecule has 156 valence electrons. The lowest BCUT2D eigenvalue weighted by atomic mass is 9.49. The molecule has 0 aromatic heterocycles. The van der Waals surface area contributed by atoms with Crippen LogP contribution in [0, 0.1) is 23.2 Å². The number of carbonyl (C=O) groups excluding carboxylic acids is 3. The Kier molecular flexibility index (Phi) is 5.93. The Hall–Kier alpha value is -1.59. The van der Waals surface area contributed by atoms with E-state index in [9.17, 15) is 14.4 Å². The molecule has 0 atom stereocenters. The van der Waals surface area contributed by atoms with Crippen LogP contribution in [0.5, 0.6) is 0 Å². The number of likely N-dealkylation sites (tertiary alicyclic amines) is 1. The van der Waals surface area contributed by atoms with Gasteiger partial charge in [-0.25, -0.2) is 0 Å². The minimum absolute atomic E-state index is 0.0265. The highest BCUT2D eigenvalue weighted by Gasteiger charge is 2.54. The molecule has 6 nitrogen and oxygen atoms in total. The van der Waals surface area contributed by atoms with Crippen LogP contribution in [0.1, 0.15) is 70.6 Å². The molecule has 4 saturated carbocycles. The van der Waals surface area contributed by atoms with Crippen molar-refractivity contribution in [3.05, 3.63) is 0 Å². The predicted molar refractivity (Wildman–Crippen MR) is 104 cm³/mol. The molecule has 28 heavy (non-hydrogen) atoms. The SMILES string of the molecule is O=C(CNC(=O)C12CC3CC(CC(C3)C1)C2)OCC(=O)N1CCCCCCC1. The van der Waals surface area contributed by atoms with Crippen LogP contribution in [-0.2, 0) is 19.1 Å². The van der Waals surface area contributed by atoms with Crippen LogP contribution in [0.3, 0.4) is 0 Å². The van der Waals surface area contributed by atoms with E-state index in [2.05, 4.69) is 5.32 Å². The van der Waals surface area contributed by atoms with Crippen LogP contribution in [0.15, 0.2) is 0 Å². The van der Waals surface area contributed by atoms with E-state index in [1.165, 1.54) is 25.7 Å². The predicted octanol–water partition coefficient (Wildman–Crippen LogP) is 2.65. The van der Waals surface area contributed by atoms with Crippen LogP contribution < -0.4 is 5.32 Å². The lowest BCUT2D eigenvalue weighted by Gasteiger charge is -2.55. The molecule has 0 aromatic carbocycles. The smallest absolute Gasteiger partial charge is 0.325 e. The Balaban J connectivity index is 1.20. The highest BCUT2D eigenvalue weighted by Crippen LogP contribution is 2.60. The van der Waals surface area contributed by atoms with Gasteiger partial charge in [0.25, 0.3) is 5.91 Å². The van der Waals surface area contributed by atoms with Crippen molar-refractivity contribution in [2.24, 2.45) is 23.2 Å². The fourth-order valence-electron chi connectivity index (χ4n) is 6.51. The number of nitrogens with one attached hydrogen (secondary N) is 1. The lowest BCUT2D eigenvalue weighted by Crippen LogP contribution is -2.54. The van der Waals surface area contributed by atoms with Gasteiger partial charge in [0.15, 0.2) is 6.61 Å². The van der Waals surface area contributed by atoms with Gasteiger partial charge < -0.3 is 15.0 Å². The Morgan fingerprint density at radius 2 is 1.39 bits per heavy atom. The van der Waals surface area contributed by atoms with Gasteiger partial charge in [-0.3, -0.25) is 14.4 Å². The second kappa shape index (κ2) is 8.42. The maximum absolute atomic E-state index is 12.9. The molecule has 0 spiro atoms. The summed E-state index contributed by atoms with van der Waals surface area (Å²) in [6, 6.07) is 0. The van der Waals surface area contributed by atoms with E-state index >= 15 is 0 Å². The number of nitrogens with zero attached hydrogens (tertiary/aromatic N) is 1. The summed E-state index contributed by atoms with van der Waals surface area (Å²) < 4.78 is 5.15. The topological polar surface area (TPSA) is 75.7 Å². The molecule has 2 amide bonds. The second-order valence-electron chi connectivity index (χ2n) is 9.69. The molecular weight excluding hydrogens is 356 g/mol. The summed E-state index contributed by atoms with van der Waals surface area (Å²) >= 11 is 0. The fraction of sp³-hybridized carbons (Fsp3) is 0.864. The Bertz CT molecular complexity index is 574.